The van der Waals surface area contributed by atoms with E-state index >= 15 is 0 Å². The maximum atomic E-state index is 13.7. The largest absolute Gasteiger partial charge is 0.573 e. The van der Waals surface area contributed by atoms with Crippen LogP contribution in [0.5, 0.6) is 5.75 Å². The van der Waals surface area contributed by atoms with Gasteiger partial charge in [-0.1, -0.05) is 20.8 Å². The minimum atomic E-state index is -4.87. The summed E-state index contributed by atoms with van der Waals surface area (Å²) in [6, 6.07) is 1.36. The monoisotopic (exact) mass is 331 g/mol. The summed E-state index contributed by atoms with van der Waals surface area (Å²) in [6.45, 7) is 5.06. The maximum absolute atomic E-state index is 13.7. The zero-order valence-electron chi connectivity index (χ0n) is 11.7. The summed E-state index contributed by atoms with van der Waals surface area (Å²) < 4.78 is 53.8. The molecule has 2 atom stereocenters. The van der Waals surface area contributed by atoms with Gasteiger partial charge in [-0.3, -0.25) is 0 Å². The molecule has 1 rings (SSSR count). The van der Waals surface area contributed by atoms with Crippen molar-refractivity contribution in [2.45, 2.75) is 39.3 Å². The van der Waals surface area contributed by atoms with E-state index in [-0.39, 0.29) is 18.0 Å². The van der Waals surface area contributed by atoms with Crippen LogP contribution in [0.3, 0.4) is 0 Å². The standard InChI is InChI=1S/C13H17F4NO2.ClH/c1-12(2,3)11(19)10(18)8-6-7(4-5-9(8)14)20-13(15,16)17;/h4-6,10-11,19H,18H2,1-3H3;1H/t10-,11-;/m0./s1. The normalized spacial score (nSPS) is 15.1. The van der Waals surface area contributed by atoms with Crippen molar-refractivity contribution in [2.75, 3.05) is 0 Å². The van der Waals surface area contributed by atoms with Crippen LogP contribution >= 0.6 is 12.4 Å². The number of benzene rings is 1. The van der Waals surface area contributed by atoms with Crippen LogP contribution < -0.4 is 10.5 Å². The van der Waals surface area contributed by atoms with Crippen molar-refractivity contribution >= 4 is 12.4 Å². The average Bonchev–Trinajstić information content (AvgIpc) is 2.26. The molecule has 1 aromatic carbocycles. The van der Waals surface area contributed by atoms with Crippen LogP contribution in [0.15, 0.2) is 18.2 Å². The molecule has 0 fully saturated rings. The number of ether oxygens (including phenoxy) is 1. The van der Waals surface area contributed by atoms with Crippen molar-refractivity contribution in [3.05, 3.63) is 29.6 Å². The number of hydrogen-bond donors (Lipinski definition) is 2. The first kappa shape index (κ1) is 19.9. The summed E-state index contributed by atoms with van der Waals surface area (Å²) in [6.07, 6.45) is -6.00. The van der Waals surface area contributed by atoms with Crippen LogP contribution in [0.4, 0.5) is 17.6 Å². The van der Waals surface area contributed by atoms with Gasteiger partial charge in [-0.25, -0.2) is 4.39 Å². The first-order valence-corrected chi connectivity index (χ1v) is 5.90. The van der Waals surface area contributed by atoms with E-state index in [1.165, 1.54) is 0 Å². The van der Waals surface area contributed by atoms with Gasteiger partial charge in [0.2, 0.25) is 0 Å². The smallest absolute Gasteiger partial charge is 0.406 e. The molecule has 0 aliphatic rings. The highest BCUT2D eigenvalue weighted by molar-refractivity contribution is 5.85. The number of halogens is 5. The molecule has 0 aliphatic carbocycles. The molecule has 122 valence electrons. The minimum Gasteiger partial charge on any atom is -0.406 e. The highest BCUT2D eigenvalue weighted by Crippen LogP contribution is 2.32. The molecule has 0 heterocycles. The lowest BCUT2D eigenvalue weighted by molar-refractivity contribution is -0.274. The topological polar surface area (TPSA) is 55.5 Å². The predicted octanol–water partition coefficient (Wildman–Crippen LogP) is 3.55. The summed E-state index contributed by atoms with van der Waals surface area (Å²) in [5.74, 6) is -1.37. The van der Waals surface area contributed by atoms with Crippen molar-refractivity contribution in [1.29, 1.82) is 0 Å². The van der Waals surface area contributed by atoms with Gasteiger partial charge in [0, 0.05) is 5.56 Å². The number of aliphatic hydroxyl groups is 1. The second kappa shape index (κ2) is 6.81. The van der Waals surface area contributed by atoms with Crippen molar-refractivity contribution in [3.8, 4) is 5.75 Å². The number of rotatable bonds is 3. The molecule has 8 heteroatoms. The quantitative estimate of drug-likeness (QED) is 0.833. The molecule has 0 radical (unpaired) electrons. The van der Waals surface area contributed by atoms with Gasteiger partial charge in [-0.15, -0.1) is 25.6 Å². The molecule has 0 unspecified atom stereocenters. The Labute approximate surface area is 126 Å². The van der Waals surface area contributed by atoms with Gasteiger partial charge >= 0.3 is 6.36 Å². The van der Waals surface area contributed by atoms with E-state index < -0.39 is 35.5 Å². The summed E-state index contributed by atoms with van der Waals surface area (Å²) in [5, 5.41) is 10.0. The van der Waals surface area contributed by atoms with Gasteiger partial charge < -0.3 is 15.6 Å². The van der Waals surface area contributed by atoms with Crippen molar-refractivity contribution in [3.63, 3.8) is 0 Å². The van der Waals surface area contributed by atoms with E-state index in [1.54, 1.807) is 20.8 Å². The number of aliphatic hydroxyl groups excluding tert-OH is 1. The van der Waals surface area contributed by atoms with E-state index in [0.717, 1.165) is 18.2 Å². The molecule has 0 saturated heterocycles. The van der Waals surface area contributed by atoms with Crippen molar-refractivity contribution in [2.24, 2.45) is 11.1 Å². The van der Waals surface area contributed by atoms with E-state index in [9.17, 15) is 22.7 Å². The van der Waals surface area contributed by atoms with E-state index in [1.807, 2.05) is 0 Å². The average molecular weight is 332 g/mol. The van der Waals surface area contributed by atoms with Gasteiger partial charge in [0.05, 0.1) is 12.1 Å². The zero-order valence-corrected chi connectivity index (χ0v) is 12.6. The van der Waals surface area contributed by atoms with Crippen LogP contribution in [-0.2, 0) is 0 Å². The van der Waals surface area contributed by atoms with Crippen molar-refractivity contribution < 1.29 is 27.4 Å². The lowest BCUT2D eigenvalue weighted by Gasteiger charge is -2.31. The number of alkyl halides is 3. The molecular weight excluding hydrogens is 314 g/mol. The molecular formula is C13H18ClF4NO2. The lowest BCUT2D eigenvalue weighted by Crippen LogP contribution is -2.37. The fraction of sp³-hybridized carbons (Fsp3) is 0.538. The fourth-order valence-corrected chi connectivity index (χ4v) is 1.68. The van der Waals surface area contributed by atoms with Gasteiger partial charge in [0.15, 0.2) is 0 Å². The SMILES string of the molecule is CC(C)(C)[C@@H](O)[C@@H](N)c1cc(OC(F)(F)F)ccc1F.Cl. The predicted molar refractivity (Wildman–Crippen MR) is 72.7 cm³/mol. The third-order valence-corrected chi connectivity index (χ3v) is 2.79. The molecule has 0 amide bonds. The Balaban J connectivity index is 0.00000400. The summed E-state index contributed by atoms with van der Waals surface area (Å²) in [5.41, 5.74) is 4.86. The van der Waals surface area contributed by atoms with Crippen LogP contribution in [-0.4, -0.2) is 17.6 Å². The second-order valence-corrected chi connectivity index (χ2v) is 5.57. The molecule has 3 nitrogen and oxygen atoms in total. The highest BCUT2D eigenvalue weighted by atomic mass is 35.5. The molecule has 0 bridgehead atoms. The van der Waals surface area contributed by atoms with Crippen LogP contribution in [0.2, 0.25) is 0 Å². The molecule has 0 aromatic heterocycles. The number of hydrogen-bond acceptors (Lipinski definition) is 3. The van der Waals surface area contributed by atoms with Gasteiger partial charge in [0.25, 0.3) is 0 Å². The maximum Gasteiger partial charge on any atom is 0.573 e. The Bertz CT molecular complexity index is 474. The van der Waals surface area contributed by atoms with Crippen LogP contribution in [0.25, 0.3) is 0 Å². The summed E-state index contributed by atoms with van der Waals surface area (Å²) >= 11 is 0. The van der Waals surface area contributed by atoms with E-state index in [2.05, 4.69) is 4.74 Å². The van der Waals surface area contributed by atoms with Gasteiger partial charge in [-0.05, 0) is 23.6 Å². The lowest BCUT2D eigenvalue weighted by atomic mass is 9.82. The summed E-state index contributed by atoms with van der Waals surface area (Å²) in [4.78, 5) is 0. The van der Waals surface area contributed by atoms with E-state index in [0.29, 0.717) is 0 Å². The van der Waals surface area contributed by atoms with Crippen LogP contribution in [0, 0.1) is 11.2 Å². The van der Waals surface area contributed by atoms with Gasteiger partial charge in [0.1, 0.15) is 11.6 Å². The molecule has 21 heavy (non-hydrogen) atoms. The Morgan fingerprint density at radius 2 is 1.71 bits per heavy atom. The highest BCUT2D eigenvalue weighted by Gasteiger charge is 2.33. The first-order valence-electron chi connectivity index (χ1n) is 5.90. The molecule has 1 aromatic rings. The molecule has 0 aliphatic heterocycles. The van der Waals surface area contributed by atoms with Gasteiger partial charge in [-0.2, -0.15) is 0 Å². The third-order valence-electron chi connectivity index (χ3n) is 2.79. The Morgan fingerprint density at radius 1 is 1.19 bits per heavy atom. The summed E-state index contributed by atoms with van der Waals surface area (Å²) in [7, 11) is 0. The Kier molecular flexibility index (Phi) is 6.47. The van der Waals surface area contributed by atoms with E-state index in [4.69, 9.17) is 5.73 Å². The van der Waals surface area contributed by atoms with Crippen molar-refractivity contribution in [1.82, 2.24) is 0 Å². The number of nitrogens with two attached hydrogens (primary N) is 1. The molecule has 0 saturated carbocycles. The Morgan fingerprint density at radius 3 is 2.14 bits per heavy atom. The van der Waals surface area contributed by atoms with Crippen LogP contribution in [0.1, 0.15) is 32.4 Å². The molecule has 0 spiro atoms. The zero-order chi connectivity index (χ0) is 15.7. The third kappa shape index (κ3) is 5.68. The first-order chi connectivity index (χ1) is 8.92. The molecule has 3 N–H and O–H groups in total. The minimum absolute atomic E-state index is 0. The second-order valence-electron chi connectivity index (χ2n) is 5.57. The Hall–Kier alpha value is -1.05. The fourth-order valence-electron chi connectivity index (χ4n) is 1.68.